The van der Waals surface area contributed by atoms with Crippen molar-refractivity contribution in [2.45, 2.75) is 13.3 Å². The fourth-order valence-electron chi connectivity index (χ4n) is 0.792. The first kappa shape index (κ1) is 14.6. The molecule has 0 aliphatic rings. The third-order valence-electron chi connectivity index (χ3n) is 1.73. The lowest BCUT2D eigenvalue weighted by Gasteiger charge is -1.95. The van der Waals surface area contributed by atoms with Crippen LogP contribution in [-0.2, 0) is 4.79 Å². The molecule has 0 radical (unpaired) electrons. The molecular formula is C11H14ClNO3. The summed E-state index contributed by atoms with van der Waals surface area (Å²) in [5.74, 6) is -0.185. The number of rotatable bonds is 4. The second kappa shape index (κ2) is 8.85. The fraction of sp³-hybridized carbons (Fsp3) is 0.364. The van der Waals surface area contributed by atoms with E-state index in [1.54, 1.807) is 6.92 Å². The predicted octanol–water partition coefficient (Wildman–Crippen LogP) is 2.83. The highest BCUT2D eigenvalue weighted by atomic mass is 35.5. The van der Waals surface area contributed by atoms with Gasteiger partial charge in [-0.2, -0.15) is 0 Å². The maximum Gasteiger partial charge on any atom is 0.204 e. The molecule has 5 heteroatoms. The molecular weight excluding hydrogens is 230 g/mol. The minimum absolute atomic E-state index is 0.111. The molecule has 0 bridgehead atoms. The van der Waals surface area contributed by atoms with Crippen molar-refractivity contribution in [3.8, 4) is 0 Å². The van der Waals surface area contributed by atoms with Crippen molar-refractivity contribution in [3.05, 3.63) is 45.5 Å². The van der Waals surface area contributed by atoms with Crippen molar-refractivity contribution < 1.29 is 9.72 Å². The van der Waals surface area contributed by atoms with Gasteiger partial charge in [-0.15, -0.1) is 0 Å². The normalized spacial score (nSPS) is 10.9. The summed E-state index contributed by atoms with van der Waals surface area (Å²) in [4.78, 5) is 19.2. The van der Waals surface area contributed by atoms with Crippen LogP contribution < -0.4 is 0 Å². The molecule has 0 amide bonds. The quantitative estimate of drug-likeness (QED) is 0.464. The van der Waals surface area contributed by atoms with Crippen LogP contribution in [0.25, 0.3) is 0 Å². The molecule has 1 rings (SSSR count). The molecule has 0 unspecified atom stereocenters. The lowest BCUT2D eigenvalue weighted by atomic mass is 10.1. The van der Waals surface area contributed by atoms with Gasteiger partial charge in [0, 0.05) is 22.3 Å². The molecule has 1 aromatic rings. The van der Waals surface area contributed by atoms with Crippen molar-refractivity contribution in [1.29, 1.82) is 0 Å². The van der Waals surface area contributed by atoms with E-state index < -0.39 is 4.92 Å². The van der Waals surface area contributed by atoms with E-state index in [9.17, 15) is 14.9 Å². The zero-order chi connectivity index (χ0) is 12.4. The molecule has 0 aromatic heterocycles. The van der Waals surface area contributed by atoms with E-state index in [1.807, 2.05) is 30.3 Å². The highest BCUT2D eigenvalue weighted by molar-refractivity contribution is 6.30. The summed E-state index contributed by atoms with van der Waals surface area (Å²) in [5.41, 5.74) is 0. The van der Waals surface area contributed by atoms with Crippen LogP contribution >= 0.6 is 11.6 Å². The number of aldehydes is 1. The molecule has 1 aromatic carbocycles. The molecule has 0 N–H and O–H groups in total. The van der Waals surface area contributed by atoms with E-state index in [0.29, 0.717) is 6.42 Å². The average Bonchev–Trinajstić information content (AvgIpc) is 2.27. The van der Waals surface area contributed by atoms with Crippen LogP contribution in [0.15, 0.2) is 30.3 Å². The Labute approximate surface area is 99.4 Å². The van der Waals surface area contributed by atoms with E-state index >= 15 is 0 Å². The molecule has 0 aliphatic carbocycles. The van der Waals surface area contributed by atoms with Gasteiger partial charge >= 0.3 is 0 Å². The maximum atomic E-state index is 9.89. The van der Waals surface area contributed by atoms with Crippen LogP contribution in [0.1, 0.15) is 13.3 Å². The van der Waals surface area contributed by atoms with Crippen LogP contribution in [0, 0.1) is 16.0 Å². The summed E-state index contributed by atoms with van der Waals surface area (Å²) < 4.78 is 0. The van der Waals surface area contributed by atoms with Gasteiger partial charge in [0.05, 0.1) is 0 Å². The summed E-state index contributed by atoms with van der Waals surface area (Å²) in [7, 11) is 0. The number of benzene rings is 1. The van der Waals surface area contributed by atoms with E-state index in [4.69, 9.17) is 11.6 Å². The van der Waals surface area contributed by atoms with Crippen molar-refractivity contribution >= 4 is 17.9 Å². The number of nitrogens with zero attached hydrogens (tertiary/aromatic N) is 1. The second-order valence-electron chi connectivity index (χ2n) is 3.25. The van der Waals surface area contributed by atoms with Gasteiger partial charge in [-0.25, -0.2) is 0 Å². The first-order valence-corrected chi connectivity index (χ1v) is 5.21. The van der Waals surface area contributed by atoms with Crippen molar-refractivity contribution in [2.75, 3.05) is 6.54 Å². The predicted molar refractivity (Wildman–Crippen MR) is 63.2 cm³/mol. The largest absolute Gasteiger partial charge is 0.303 e. The molecule has 88 valence electrons. The molecule has 0 saturated heterocycles. The van der Waals surface area contributed by atoms with E-state index in [2.05, 4.69) is 0 Å². The van der Waals surface area contributed by atoms with Gasteiger partial charge in [-0.3, -0.25) is 10.1 Å². The summed E-state index contributed by atoms with van der Waals surface area (Å²) in [6, 6.07) is 9.44. The van der Waals surface area contributed by atoms with Crippen molar-refractivity contribution in [3.63, 3.8) is 0 Å². The van der Waals surface area contributed by atoms with Gasteiger partial charge in [0.1, 0.15) is 6.29 Å². The number of halogens is 1. The molecule has 0 saturated carbocycles. The van der Waals surface area contributed by atoms with Crippen LogP contribution in [0.5, 0.6) is 0 Å². The lowest BCUT2D eigenvalue weighted by molar-refractivity contribution is -0.481. The molecule has 0 fully saturated rings. The fourth-order valence-corrected chi connectivity index (χ4v) is 0.937. The zero-order valence-electron chi connectivity index (χ0n) is 9.01. The Morgan fingerprint density at radius 1 is 1.44 bits per heavy atom. The number of carbonyl (C=O) groups is 1. The summed E-state index contributed by atoms with van der Waals surface area (Å²) >= 11 is 5.54. The topological polar surface area (TPSA) is 60.2 Å². The Morgan fingerprint density at radius 3 is 2.31 bits per heavy atom. The smallest absolute Gasteiger partial charge is 0.204 e. The van der Waals surface area contributed by atoms with Crippen LogP contribution in [0.4, 0.5) is 0 Å². The molecule has 0 aliphatic heterocycles. The van der Waals surface area contributed by atoms with Crippen LogP contribution in [0.2, 0.25) is 5.02 Å². The Kier molecular flexibility index (Phi) is 8.07. The minimum atomic E-state index is -0.417. The van der Waals surface area contributed by atoms with Gasteiger partial charge in [-0.05, 0) is 12.1 Å². The van der Waals surface area contributed by atoms with E-state index in [0.717, 1.165) is 11.3 Å². The average molecular weight is 244 g/mol. The Morgan fingerprint density at radius 2 is 2.00 bits per heavy atom. The summed E-state index contributed by atoms with van der Waals surface area (Å²) in [5, 5.41) is 10.5. The Balaban J connectivity index is 0.000000288. The standard InChI is InChI=1S/C6H5Cl.C5H9NO3/c7-6-4-2-1-3-5-6;1-5(4-7)2-3-6(8)9/h1-5H;4-5H,2-3H2,1H3/t;5-/m.0/s1. The molecule has 0 spiro atoms. The zero-order valence-corrected chi connectivity index (χ0v) is 9.76. The Bertz CT molecular complexity index is 316. The van der Waals surface area contributed by atoms with E-state index in [-0.39, 0.29) is 12.5 Å². The maximum absolute atomic E-state index is 9.89. The molecule has 1 atom stereocenters. The first-order chi connectivity index (χ1) is 7.56. The highest BCUT2D eigenvalue weighted by Crippen LogP contribution is 2.03. The lowest BCUT2D eigenvalue weighted by Crippen LogP contribution is -2.06. The Hall–Kier alpha value is -1.42. The van der Waals surface area contributed by atoms with Gasteiger partial charge < -0.3 is 4.79 Å². The van der Waals surface area contributed by atoms with Gasteiger partial charge in [0.25, 0.3) is 0 Å². The molecule has 0 heterocycles. The number of nitro groups is 1. The van der Waals surface area contributed by atoms with Crippen LogP contribution in [0.3, 0.4) is 0 Å². The third kappa shape index (κ3) is 9.15. The molecule has 16 heavy (non-hydrogen) atoms. The van der Waals surface area contributed by atoms with Crippen molar-refractivity contribution in [1.82, 2.24) is 0 Å². The van der Waals surface area contributed by atoms with Crippen LogP contribution in [-0.4, -0.2) is 17.8 Å². The summed E-state index contributed by atoms with van der Waals surface area (Å²) in [6.45, 7) is 1.55. The highest BCUT2D eigenvalue weighted by Gasteiger charge is 2.03. The minimum Gasteiger partial charge on any atom is -0.303 e. The number of carbonyl (C=O) groups excluding carboxylic acids is 1. The SMILES string of the molecule is C[C@H](C=O)CC[N+](=O)[O-].Clc1ccccc1. The third-order valence-corrected chi connectivity index (χ3v) is 1.98. The monoisotopic (exact) mass is 243 g/mol. The van der Waals surface area contributed by atoms with Gasteiger partial charge in [0.15, 0.2) is 0 Å². The second-order valence-corrected chi connectivity index (χ2v) is 3.69. The molecule has 4 nitrogen and oxygen atoms in total. The van der Waals surface area contributed by atoms with Gasteiger partial charge in [-0.1, -0.05) is 36.7 Å². The first-order valence-electron chi connectivity index (χ1n) is 4.84. The van der Waals surface area contributed by atoms with Crippen molar-refractivity contribution in [2.24, 2.45) is 5.92 Å². The van der Waals surface area contributed by atoms with E-state index in [1.165, 1.54) is 0 Å². The number of hydrogen-bond donors (Lipinski definition) is 0. The number of hydrogen-bond acceptors (Lipinski definition) is 3. The summed E-state index contributed by atoms with van der Waals surface area (Å²) in [6.07, 6.45) is 1.07. The van der Waals surface area contributed by atoms with Gasteiger partial charge in [0.2, 0.25) is 6.54 Å².